The van der Waals surface area contributed by atoms with Crippen molar-refractivity contribution < 1.29 is 4.42 Å². The van der Waals surface area contributed by atoms with Crippen LogP contribution in [0.25, 0.3) is 121 Å². The molecule has 0 bridgehead atoms. The number of para-hydroxylation sites is 2. The maximum atomic E-state index is 6.54. The minimum Gasteiger partial charge on any atom is -0.456 e. The normalized spacial score (nSPS) is 12.5. The van der Waals surface area contributed by atoms with Gasteiger partial charge >= 0.3 is 0 Å². The van der Waals surface area contributed by atoms with Crippen molar-refractivity contribution in [2.75, 3.05) is 0 Å². The number of furan rings is 1. The molecule has 0 atom stereocenters. The average Bonchev–Trinajstić information content (AvgIpc) is 3.95. The van der Waals surface area contributed by atoms with E-state index < -0.39 is 0 Å². The maximum absolute atomic E-state index is 6.54. The molecule has 3 nitrogen and oxygen atoms in total. The van der Waals surface area contributed by atoms with Gasteiger partial charge in [0.1, 0.15) is 11.2 Å². The summed E-state index contributed by atoms with van der Waals surface area (Å²) < 4.78 is 11.5. The van der Waals surface area contributed by atoms with Gasteiger partial charge in [0.2, 0.25) is 0 Å². The fourth-order valence-electron chi connectivity index (χ4n) is 9.62. The van der Waals surface area contributed by atoms with Crippen LogP contribution in [0.1, 0.15) is 0 Å². The number of nitrogens with zero attached hydrogens (tertiary/aromatic N) is 2. The standard InChI is InChI=1S/C50H28N2O/c1-2-10-31-27-32(20-19-29(31)9-1)51-42-17-5-3-13-39(42)47-43(51)25-23-37-38-24-26-45-48(40-14-4-6-18-44(40)53-45)50(38)52(49(37)47)33-21-22-34-35-15-7-11-30-12-8-16-36(46(30)35)41(34)28-33/h1-28H. The Kier molecular flexibility index (Phi) is 5.11. The van der Waals surface area contributed by atoms with Gasteiger partial charge in [-0.2, -0.15) is 0 Å². The molecule has 0 unspecified atom stereocenters. The molecule has 0 radical (unpaired) electrons. The predicted molar refractivity (Wildman–Crippen MR) is 222 cm³/mol. The van der Waals surface area contributed by atoms with Gasteiger partial charge in [-0.05, 0) is 98.4 Å². The van der Waals surface area contributed by atoms with Crippen molar-refractivity contribution in [3.05, 3.63) is 170 Å². The number of fused-ring (bicyclic) bond motifs is 15. The van der Waals surface area contributed by atoms with Gasteiger partial charge in [-0.1, -0.05) is 115 Å². The van der Waals surface area contributed by atoms with Crippen LogP contribution in [0.4, 0.5) is 0 Å². The Balaban J connectivity index is 1.22. The molecule has 0 saturated heterocycles. The zero-order valence-electron chi connectivity index (χ0n) is 28.5. The molecule has 0 aliphatic heterocycles. The Hall–Kier alpha value is -7.10. The Labute approximate surface area is 303 Å². The SMILES string of the molecule is c1ccc2cc(-n3c4ccccc4c4c3ccc3c5ccc6oc7ccccc7c6c5n(-c5ccc6c(c5)-c5cccc7cccc-6c57)c34)ccc2c1. The molecule has 0 spiro atoms. The van der Waals surface area contributed by atoms with Gasteiger partial charge in [0.25, 0.3) is 0 Å². The predicted octanol–water partition coefficient (Wildman–Crippen LogP) is 13.7. The van der Waals surface area contributed by atoms with Crippen molar-refractivity contribution in [3.63, 3.8) is 0 Å². The molecular weight excluding hydrogens is 645 g/mol. The van der Waals surface area contributed by atoms with Crippen LogP contribution in [0.15, 0.2) is 174 Å². The van der Waals surface area contributed by atoms with E-state index in [1.807, 2.05) is 0 Å². The van der Waals surface area contributed by atoms with Gasteiger partial charge in [0.05, 0.1) is 27.5 Å². The van der Waals surface area contributed by atoms with Crippen LogP contribution < -0.4 is 0 Å². The summed E-state index contributed by atoms with van der Waals surface area (Å²) >= 11 is 0. The van der Waals surface area contributed by atoms with E-state index in [0.29, 0.717) is 0 Å². The summed E-state index contributed by atoms with van der Waals surface area (Å²) in [6.45, 7) is 0. The maximum Gasteiger partial charge on any atom is 0.137 e. The number of rotatable bonds is 2. The molecule has 12 aromatic rings. The van der Waals surface area contributed by atoms with Crippen molar-refractivity contribution >= 4 is 87.1 Å². The van der Waals surface area contributed by atoms with Crippen LogP contribution >= 0.6 is 0 Å². The molecule has 0 saturated carbocycles. The number of hydrogen-bond acceptors (Lipinski definition) is 1. The summed E-state index contributed by atoms with van der Waals surface area (Å²) in [7, 11) is 0. The van der Waals surface area contributed by atoms with Gasteiger partial charge < -0.3 is 13.6 Å². The highest BCUT2D eigenvalue weighted by Crippen LogP contribution is 2.50. The van der Waals surface area contributed by atoms with Crippen LogP contribution in [0.5, 0.6) is 0 Å². The second-order valence-electron chi connectivity index (χ2n) is 14.4. The Bertz CT molecular complexity index is 3570. The molecule has 53 heavy (non-hydrogen) atoms. The first-order valence-corrected chi connectivity index (χ1v) is 18.3. The van der Waals surface area contributed by atoms with Crippen molar-refractivity contribution in [3.8, 4) is 33.6 Å². The van der Waals surface area contributed by atoms with Crippen LogP contribution in [0.2, 0.25) is 0 Å². The first kappa shape index (κ1) is 27.6. The highest BCUT2D eigenvalue weighted by molar-refractivity contribution is 6.31. The number of aromatic nitrogens is 2. The molecule has 0 amide bonds. The Morgan fingerprint density at radius 1 is 0.321 bits per heavy atom. The topological polar surface area (TPSA) is 23.0 Å². The van der Waals surface area contributed by atoms with Gasteiger partial charge in [0, 0.05) is 38.3 Å². The highest BCUT2D eigenvalue weighted by atomic mass is 16.3. The third-order valence-electron chi connectivity index (χ3n) is 11.8. The van der Waals surface area contributed by atoms with E-state index in [1.54, 1.807) is 0 Å². The first-order valence-electron chi connectivity index (χ1n) is 18.3. The van der Waals surface area contributed by atoms with Crippen molar-refractivity contribution in [2.24, 2.45) is 0 Å². The van der Waals surface area contributed by atoms with Crippen LogP contribution in [-0.2, 0) is 0 Å². The first-order chi connectivity index (χ1) is 26.3. The van der Waals surface area contributed by atoms with E-state index in [-0.39, 0.29) is 0 Å². The zero-order valence-corrected chi connectivity index (χ0v) is 28.5. The van der Waals surface area contributed by atoms with E-state index in [0.717, 1.165) is 33.3 Å². The van der Waals surface area contributed by atoms with E-state index in [2.05, 4.69) is 179 Å². The summed E-state index contributed by atoms with van der Waals surface area (Å²) in [5.41, 5.74) is 14.0. The van der Waals surface area contributed by atoms with Crippen molar-refractivity contribution in [1.82, 2.24) is 9.13 Å². The minimum atomic E-state index is 0.899. The zero-order chi connectivity index (χ0) is 34.4. The molecular formula is C50H28N2O. The molecule has 3 heteroatoms. The number of hydrogen-bond donors (Lipinski definition) is 0. The summed E-state index contributed by atoms with van der Waals surface area (Å²) in [6.07, 6.45) is 0. The second-order valence-corrected chi connectivity index (χ2v) is 14.4. The van der Waals surface area contributed by atoms with Gasteiger partial charge in [0.15, 0.2) is 0 Å². The van der Waals surface area contributed by atoms with Crippen molar-refractivity contribution in [1.29, 1.82) is 0 Å². The van der Waals surface area contributed by atoms with E-state index in [4.69, 9.17) is 4.42 Å². The molecule has 3 aromatic heterocycles. The summed E-state index contributed by atoms with van der Waals surface area (Å²) in [6, 6.07) is 62.3. The molecule has 0 N–H and O–H groups in total. The molecule has 13 rings (SSSR count). The van der Waals surface area contributed by atoms with Gasteiger partial charge in [-0.15, -0.1) is 0 Å². The highest BCUT2D eigenvalue weighted by Gasteiger charge is 2.26. The minimum absolute atomic E-state index is 0.899. The monoisotopic (exact) mass is 672 g/mol. The van der Waals surface area contributed by atoms with Gasteiger partial charge in [-0.3, -0.25) is 0 Å². The molecule has 3 heterocycles. The smallest absolute Gasteiger partial charge is 0.137 e. The van der Waals surface area contributed by atoms with Crippen LogP contribution in [0, 0.1) is 0 Å². The lowest BCUT2D eigenvalue weighted by Gasteiger charge is -2.13. The van der Waals surface area contributed by atoms with Crippen LogP contribution in [0.3, 0.4) is 0 Å². The lowest BCUT2D eigenvalue weighted by atomic mass is 10.0. The molecule has 1 aliphatic rings. The van der Waals surface area contributed by atoms with Crippen LogP contribution in [-0.4, -0.2) is 9.13 Å². The largest absolute Gasteiger partial charge is 0.456 e. The number of benzene rings is 9. The summed E-state index contributed by atoms with van der Waals surface area (Å²) in [4.78, 5) is 0. The lowest BCUT2D eigenvalue weighted by Crippen LogP contribution is -1.96. The lowest BCUT2D eigenvalue weighted by molar-refractivity contribution is 0.669. The fourth-order valence-corrected chi connectivity index (χ4v) is 9.62. The third kappa shape index (κ3) is 3.49. The van der Waals surface area contributed by atoms with E-state index in [9.17, 15) is 0 Å². The fraction of sp³-hybridized carbons (Fsp3) is 0. The second kappa shape index (κ2) is 9.81. The van der Waals surface area contributed by atoms with E-state index >= 15 is 0 Å². The molecule has 9 aromatic carbocycles. The Morgan fingerprint density at radius 3 is 1.89 bits per heavy atom. The summed E-state index contributed by atoms with van der Waals surface area (Å²) in [5, 5.41) is 12.3. The average molecular weight is 673 g/mol. The molecule has 244 valence electrons. The summed E-state index contributed by atoms with van der Waals surface area (Å²) in [5.74, 6) is 0. The third-order valence-corrected chi connectivity index (χ3v) is 11.8. The molecule has 0 fully saturated rings. The van der Waals surface area contributed by atoms with E-state index in [1.165, 1.54) is 87.4 Å². The Morgan fingerprint density at radius 2 is 1.00 bits per heavy atom. The molecule has 1 aliphatic carbocycles. The van der Waals surface area contributed by atoms with Crippen molar-refractivity contribution in [2.45, 2.75) is 0 Å². The quantitative estimate of drug-likeness (QED) is 0.179. The van der Waals surface area contributed by atoms with Gasteiger partial charge in [-0.25, -0.2) is 0 Å².